The summed E-state index contributed by atoms with van der Waals surface area (Å²) in [5.41, 5.74) is 0.981. The molecule has 1 saturated heterocycles. The van der Waals surface area contributed by atoms with Crippen molar-refractivity contribution in [3.8, 4) is 10.6 Å². The molecule has 2 N–H and O–H groups in total. The first kappa shape index (κ1) is 15.9. The fourth-order valence-electron chi connectivity index (χ4n) is 2.64. The SMILES string of the molecule is OCCC1(NCc2cnc(-c3ccc(Cl)cc3)s2)CCOC1. The van der Waals surface area contributed by atoms with E-state index in [-0.39, 0.29) is 12.1 Å². The summed E-state index contributed by atoms with van der Waals surface area (Å²) in [4.78, 5) is 5.66. The number of aliphatic hydroxyl groups is 1. The molecular weight excluding hydrogens is 320 g/mol. The summed E-state index contributed by atoms with van der Waals surface area (Å²) < 4.78 is 5.49. The molecule has 0 bridgehead atoms. The molecule has 1 fully saturated rings. The summed E-state index contributed by atoms with van der Waals surface area (Å²) in [5.74, 6) is 0. The van der Waals surface area contributed by atoms with Crippen LogP contribution in [0.4, 0.5) is 0 Å². The van der Waals surface area contributed by atoms with E-state index in [2.05, 4.69) is 10.3 Å². The second kappa shape index (κ2) is 7.06. The number of hydrogen-bond donors (Lipinski definition) is 2. The summed E-state index contributed by atoms with van der Waals surface area (Å²) in [7, 11) is 0. The lowest BCUT2D eigenvalue weighted by atomic mass is 9.95. The molecule has 1 aliphatic heterocycles. The van der Waals surface area contributed by atoms with E-state index in [1.807, 2.05) is 30.5 Å². The smallest absolute Gasteiger partial charge is 0.123 e. The van der Waals surface area contributed by atoms with E-state index in [4.69, 9.17) is 16.3 Å². The Labute approximate surface area is 139 Å². The van der Waals surface area contributed by atoms with Crippen molar-refractivity contribution < 1.29 is 9.84 Å². The summed E-state index contributed by atoms with van der Waals surface area (Å²) in [6.45, 7) is 2.34. The highest BCUT2D eigenvalue weighted by molar-refractivity contribution is 7.15. The van der Waals surface area contributed by atoms with E-state index in [0.717, 1.165) is 41.6 Å². The molecule has 1 atom stereocenters. The van der Waals surface area contributed by atoms with Crippen molar-refractivity contribution in [3.63, 3.8) is 0 Å². The number of ether oxygens (including phenoxy) is 1. The zero-order valence-corrected chi connectivity index (χ0v) is 13.8. The second-order valence-electron chi connectivity index (χ2n) is 5.55. The first-order valence-electron chi connectivity index (χ1n) is 7.35. The minimum Gasteiger partial charge on any atom is -0.396 e. The number of rotatable bonds is 6. The van der Waals surface area contributed by atoms with Crippen molar-refractivity contribution in [3.05, 3.63) is 40.4 Å². The monoisotopic (exact) mass is 338 g/mol. The van der Waals surface area contributed by atoms with Crippen LogP contribution in [0.2, 0.25) is 5.02 Å². The number of thiazole rings is 1. The number of nitrogens with zero attached hydrogens (tertiary/aromatic N) is 1. The first-order valence-corrected chi connectivity index (χ1v) is 8.54. The van der Waals surface area contributed by atoms with Gasteiger partial charge in [0.2, 0.25) is 0 Å². The molecular formula is C16H19ClN2O2S. The van der Waals surface area contributed by atoms with Crippen molar-refractivity contribution in [2.75, 3.05) is 19.8 Å². The van der Waals surface area contributed by atoms with Crippen LogP contribution in [0.25, 0.3) is 10.6 Å². The highest BCUT2D eigenvalue weighted by Gasteiger charge is 2.33. The Bertz CT molecular complexity index is 609. The van der Waals surface area contributed by atoms with E-state index >= 15 is 0 Å². The molecule has 3 rings (SSSR count). The van der Waals surface area contributed by atoms with Gasteiger partial charge < -0.3 is 15.2 Å². The van der Waals surface area contributed by atoms with Gasteiger partial charge in [-0.05, 0) is 25.0 Å². The van der Waals surface area contributed by atoms with Gasteiger partial charge in [0.15, 0.2) is 0 Å². The van der Waals surface area contributed by atoms with E-state index in [1.54, 1.807) is 11.3 Å². The van der Waals surface area contributed by atoms with Crippen molar-refractivity contribution in [1.29, 1.82) is 0 Å². The minimum atomic E-state index is -0.0980. The summed E-state index contributed by atoms with van der Waals surface area (Å²) >= 11 is 7.58. The van der Waals surface area contributed by atoms with Gasteiger partial charge in [-0.2, -0.15) is 0 Å². The number of aliphatic hydroxyl groups excluding tert-OH is 1. The van der Waals surface area contributed by atoms with Crippen LogP contribution in [-0.4, -0.2) is 35.5 Å². The van der Waals surface area contributed by atoms with Crippen LogP contribution in [0.5, 0.6) is 0 Å². The van der Waals surface area contributed by atoms with Gasteiger partial charge in [0.05, 0.1) is 6.61 Å². The number of aromatic nitrogens is 1. The first-order chi connectivity index (χ1) is 10.7. The Hall–Kier alpha value is -0.980. The van der Waals surface area contributed by atoms with E-state index < -0.39 is 0 Å². The van der Waals surface area contributed by atoms with E-state index in [1.165, 1.54) is 4.88 Å². The summed E-state index contributed by atoms with van der Waals surface area (Å²) in [6, 6.07) is 7.72. The standard InChI is InChI=1S/C16H19ClN2O2S/c17-13-3-1-12(2-4-13)15-18-9-14(22-15)10-19-16(5-7-20)6-8-21-11-16/h1-4,9,19-20H,5-8,10-11H2. The Balaban J connectivity index is 1.65. The zero-order valence-electron chi connectivity index (χ0n) is 12.2. The van der Waals surface area contributed by atoms with Gasteiger partial charge in [-0.25, -0.2) is 4.98 Å². The molecule has 1 aromatic carbocycles. The molecule has 4 nitrogen and oxygen atoms in total. The summed E-state index contributed by atoms with van der Waals surface area (Å²) in [5, 5.41) is 14.5. The average Bonchev–Trinajstić information content (AvgIpc) is 3.16. The van der Waals surface area contributed by atoms with Crippen molar-refractivity contribution >= 4 is 22.9 Å². The van der Waals surface area contributed by atoms with Gasteiger partial charge >= 0.3 is 0 Å². The predicted molar refractivity (Wildman–Crippen MR) is 89.3 cm³/mol. The summed E-state index contributed by atoms with van der Waals surface area (Å²) in [6.07, 6.45) is 3.57. The molecule has 1 aliphatic rings. The predicted octanol–water partition coefficient (Wildman–Crippen LogP) is 3.09. The molecule has 2 aromatic rings. The van der Waals surface area contributed by atoms with Gasteiger partial charge in [0, 0.05) is 47.0 Å². The van der Waals surface area contributed by atoms with Gasteiger partial charge in [0.25, 0.3) is 0 Å². The highest BCUT2D eigenvalue weighted by Crippen LogP contribution is 2.28. The van der Waals surface area contributed by atoms with Crippen LogP contribution in [0.1, 0.15) is 17.7 Å². The Morgan fingerprint density at radius 3 is 2.86 bits per heavy atom. The fourth-order valence-corrected chi connectivity index (χ4v) is 3.62. The molecule has 0 amide bonds. The molecule has 6 heteroatoms. The third kappa shape index (κ3) is 3.67. The molecule has 0 spiro atoms. The van der Waals surface area contributed by atoms with Crippen LogP contribution >= 0.6 is 22.9 Å². The molecule has 0 radical (unpaired) electrons. The van der Waals surface area contributed by atoms with Crippen molar-refractivity contribution in [2.45, 2.75) is 24.9 Å². The average molecular weight is 339 g/mol. The molecule has 0 aliphatic carbocycles. The Morgan fingerprint density at radius 1 is 1.36 bits per heavy atom. The molecule has 22 heavy (non-hydrogen) atoms. The third-order valence-corrected chi connectivity index (χ3v) is 5.27. The number of benzene rings is 1. The third-order valence-electron chi connectivity index (χ3n) is 3.98. The maximum absolute atomic E-state index is 9.25. The Kier molecular flexibility index (Phi) is 5.10. The largest absolute Gasteiger partial charge is 0.396 e. The maximum atomic E-state index is 9.25. The molecule has 1 unspecified atom stereocenters. The van der Waals surface area contributed by atoms with Gasteiger partial charge in [-0.15, -0.1) is 11.3 Å². The fraction of sp³-hybridized carbons (Fsp3) is 0.438. The number of hydrogen-bond acceptors (Lipinski definition) is 5. The maximum Gasteiger partial charge on any atom is 0.123 e. The Morgan fingerprint density at radius 2 is 2.18 bits per heavy atom. The number of nitrogens with one attached hydrogen (secondary N) is 1. The van der Waals surface area contributed by atoms with Crippen LogP contribution in [0, 0.1) is 0 Å². The van der Waals surface area contributed by atoms with Crippen molar-refractivity contribution in [2.24, 2.45) is 0 Å². The van der Waals surface area contributed by atoms with Crippen molar-refractivity contribution in [1.82, 2.24) is 10.3 Å². The lowest BCUT2D eigenvalue weighted by Gasteiger charge is -2.27. The topological polar surface area (TPSA) is 54.4 Å². The second-order valence-corrected chi connectivity index (χ2v) is 7.10. The normalized spacial score (nSPS) is 21.4. The minimum absolute atomic E-state index is 0.0980. The molecule has 1 aromatic heterocycles. The van der Waals surface area contributed by atoms with Crippen LogP contribution in [-0.2, 0) is 11.3 Å². The molecule has 0 saturated carbocycles. The van der Waals surface area contributed by atoms with Gasteiger partial charge in [-0.3, -0.25) is 0 Å². The lowest BCUT2D eigenvalue weighted by Crippen LogP contribution is -2.46. The lowest BCUT2D eigenvalue weighted by molar-refractivity contribution is 0.146. The molecule has 2 heterocycles. The highest BCUT2D eigenvalue weighted by atomic mass is 35.5. The van der Waals surface area contributed by atoms with E-state index in [9.17, 15) is 5.11 Å². The zero-order chi connectivity index (χ0) is 15.4. The van der Waals surface area contributed by atoms with Gasteiger partial charge in [0.1, 0.15) is 5.01 Å². The van der Waals surface area contributed by atoms with Crippen LogP contribution in [0.3, 0.4) is 0 Å². The van der Waals surface area contributed by atoms with E-state index in [0.29, 0.717) is 6.61 Å². The molecule has 118 valence electrons. The van der Waals surface area contributed by atoms with Crippen LogP contribution < -0.4 is 5.32 Å². The quantitative estimate of drug-likeness (QED) is 0.849. The van der Waals surface area contributed by atoms with Gasteiger partial charge in [-0.1, -0.05) is 23.7 Å². The van der Waals surface area contributed by atoms with Crippen LogP contribution in [0.15, 0.2) is 30.5 Å². The number of halogens is 1.